The summed E-state index contributed by atoms with van der Waals surface area (Å²) < 4.78 is 38.4. The van der Waals surface area contributed by atoms with Crippen LogP contribution in [0.15, 0.2) is 24.3 Å². The molecular weight excluding hydrogens is 261 g/mol. The van der Waals surface area contributed by atoms with Crippen molar-refractivity contribution in [3.63, 3.8) is 0 Å². The standard InChI is InChI=1S/C9H10FN5O2S/c1-18(16,17)11-6-9-12-13-14-15(9)8-4-2-7(10)3-5-8/h2-5,11H,6H2,1H3. The molecule has 0 bridgehead atoms. The molecule has 0 fully saturated rings. The third-order valence-corrected chi connectivity index (χ3v) is 2.77. The Morgan fingerprint density at radius 1 is 1.33 bits per heavy atom. The van der Waals surface area contributed by atoms with Crippen LogP contribution in [0, 0.1) is 5.82 Å². The van der Waals surface area contributed by atoms with Crippen LogP contribution in [0.4, 0.5) is 4.39 Å². The van der Waals surface area contributed by atoms with E-state index in [0.29, 0.717) is 11.5 Å². The number of hydrogen-bond donors (Lipinski definition) is 1. The highest BCUT2D eigenvalue weighted by Crippen LogP contribution is 2.08. The molecule has 1 heterocycles. The van der Waals surface area contributed by atoms with Gasteiger partial charge in [0.2, 0.25) is 10.0 Å². The second-order valence-electron chi connectivity index (χ2n) is 3.58. The summed E-state index contributed by atoms with van der Waals surface area (Å²) in [6.45, 7) is -0.0385. The third kappa shape index (κ3) is 3.08. The Bertz CT molecular complexity index is 637. The first-order valence-corrected chi connectivity index (χ1v) is 6.83. The van der Waals surface area contributed by atoms with E-state index in [4.69, 9.17) is 0 Å². The molecule has 1 aromatic heterocycles. The first kappa shape index (κ1) is 12.6. The second-order valence-corrected chi connectivity index (χ2v) is 5.41. The summed E-state index contributed by atoms with van der Waals surface area (Å²) >= 11 is 0. The average Bonchev–Trinajstić information content (AvgIpc) is 2.75. The van der Waals surface area contributed by atoms with Crippen molar-refractivity contribution in [3.05, 3.63) is 35.9 Å². The minimum atomic E-state index is -3.32. The van der Waals surface area contributed by atoms with Crippen molar-refractivity contribution in [2.75, 3.05) is 6.26 Å². The van der Waals surface area contributed by atoms with Crippen molar-refractivity contribution in [2.24, 2.45) is 0 Å². The Kier molecular flexibility index (Phi) is 3.34. The number of tetrazole rings is 1. The molecule has 0 amide bonds. The summed E-state index contributed by atoms with van der Waals surface area (Å²) in [6.07, 6.45) is 1.04. The Morgan fingerprint density at radius 2 is 2.00 bits per heavy atom. The predicted octanol–water partition coefficient (Wildman–Crippen LogP) is -0.149. The van der Waals surface area contributed by atoms with Crippen LogP contribution >= 0.6 is 0 Å². The summed E-state index contributed by atoms with van der Waals surface area (Å²) in [5.74, 6) is -0.0605. The number of sulfonamides is 1. The van der Waals surface area contributed by atoms with Gasteiger partial charge in [-0.15, -0.1) is 5.10 Å². The number of hydrogen-bond acceptors (Lipinski definition) is 5. The van der Waals surface area contributed by atoms with Crippen molar-refractivity contribution in [1.82, 2.24) is 24.9 Å². The molecule has 0 unspecified atom stereocenters. The van der Waals surface area contributed by atoms with Crippen molar-refractivity contribution >= 4 is 10.0 Å². The molecule has 1 aromatic carbocycles. The molecule has 7 nitrogen and oxygen atoms in total. The summed E-state index contributed by atoms with van der Waals surface area (Å²) in [5.41, 5.74) is 0.548. The molecule has 0 saturated heterocycles. The van der Waals surface area contributed by atoms with E-state index in [1.165, 1.54) is 28.9 Å². The fourth-order valence-corrected chi connectivity index (χ4v) is 1.69. The van der Waals surface area contributed by atoms with Gasteiger partial charge in [-0.1, -0.05) is 0 Å². The van der Waals surface area contributed by atoms with Crippen LogP contribution in [0.2, 0.25) is 0 Å². The number of aromatic nitrogens is 4. The lowest BCUT2D eigenvalue weighted by Gasteiger charge is -2.04. The van der Waals surface area contributed by atoms with Gasteiger partial charge < -0.3 is 0 Å². The fraction of sp³-hybridized carbons (Fsp3) is 0.222. The van der Waals surface area contributed by atoms with E-state index in [1.54, 1.807) is 0 Å². The first-order chi connectivity index (χ1) is 8.46. The van der Waals surface area contributed by atoms with Crippen LogP contribution in [0.5, 0.6) is 0 Å². The maximum absolute atomic E-state index is 12.8. The number of rotatable bonds is 4. The van der Waals surface area contributed by atoms with Crippen molar-refractivity contribution in [1.29, 1.82) is 0 Å². The van der Waals surface area contributed by atoms with Gasteiger partial charge in [-0.25, -0.2) is 17.5 Å². The van der Waals surface area contributed by atoms with Gasteiger partial charge in [0, 0.05) is 0 Å². The number of nitrogens with zero attached hydrogens (tertiary/aromatic N) is 4. The Morgan fingerprint density at radius 3 is 2.61 bits per heavy atom. The minimum Gasteiger partial charge on any atom is -0.213 e. The van der Waals surface area contributed by atoms with Gasteiger partial charge in [0.05, 0.1) is 18.5 Å². The lowest BCUT2D eigenvalue weighted by Crippen LogP contribution is -2.23. The topological polar surface area (TPSA) is 89.8 Å². The summed E-state index contributed by atoms with van der Waals surface area (Å²) in [4.78, 5) is 0. The Hall–Kier alpha value is -1.87. The zero-order chi connectivity index (χ0) is 13.2. The minimum absolute atomic E-state index is 0.0385. The zero-order valence-electron chi connectivity index (χ0n) is 9.41. The molecule has 0 spiro atoms. The highest BCUT2D eigenvalue weighted by Gasteiger charge is 2.10. The molecule has 9 heteroatoms. The number of benzene rings is 1. The lowest BCUT2D eigenvalue weighted by atomic mass is 10.3. The Labute approximate surface area is 103 Å². The highest BCUT2D eigenvalue weighted by atomic mass is 32.2. The van der Waals surface area contributed by atoms with Crippen molar-refractivity contribution in [3.8, 4) is 5.69 Å². The SMILES string of the molecule is CS(=O)(=O)NCc1nnnn1-c1ccc(F)cc1. The van der Waals surface area contributed by atoms with Gasteiger partial charge in [0.25, 0.3) is 0 Å². The smallest absolute Gasteiger partial charge is 0.209 e. The monoisotopic (exact) mass is 271 g/mol. The maximum atomic E-state index is 12.8. The highest BCUT2D eigenvalue weighted by molar-refractivity contribution is 7.88. The molecule has 2 aromatic rings. The molecule has 96 valence electrons. The largest absolute Gasteiger partial charge is 0.213 e. The van der Waals surface area contributed by atoms with E-state index < -0.39 is 10.0 Å². The molecule has 18 heavy (non-hydrogen) atoms. The van der Waals surface area contributed by atoms with Crippen LogP contribution in [-0.2, 0) is 16.6 Å². The molecule has 0 aliphatic heterocycles. The number of nitrogens with one attached hydrogen (secondary N) is 1. The van der Waals surface area contributed by atoms with Crippen molar-refractivity contribution < 1.29 is 12.8 Å². The van der Waals surface area contributed by atoms with Gasteiger partial charge in [-0.2, -0.15) is 4.68 Å². The van der Waals surface area contributed by atoms with E-state index in [2.05, 4.69) is 20.2 Å². The molecule has 0 aliphatic carbocycles. The zero-order valence-corrected chi connectivity index (χ0v) is 10.2. The van der Waals surface area contributed by atoms with Crippen LogP contribution in [0.3, 0.4) is 0 Å². The van der Waals surface area contributed by atoms with E-state index in [0.717, 1.165) is 6.26 Å². The predicted molar refractivity (Wildman–Crippen MR) is 60.8 cm³/mol. The van der Waals surface area contributed by atoms with Crippen LogP contribution in [-0.4, -0.2) is 34.9 Å². The molecule has 0 atom stereocenters. The molecule has 0 saturated carbocycles. The Balaban J connectivity index is 2.25. The summed E-state index contributed by atoms with van der Waals surface area (Å²) in [6, 6.07) is 5.53. The van der Waals surface area contributed by atoms with Crippen LogP contribution < -0.4 is 4.72 Å². The quantitative estimate of drug-likeness (QED) is 0.835. The molecule has 2 rings (SSSR count). The molecule has 0 aliphatic rings. The van der Waals surface area contributed by atoms with Gasteiger partial charge >= 0.3 is 0 Å². The first-order valence-electron chi connectivity index (χ1n) is 4.93. The third-order valence-electron chi connectivity index (χ3n) is 2.10. The summed E-state index contributed by atoms with van der Waals surface area (Å²) in [7, 11) is -3.32. The normalized spacial score (nSPS) is 11.7. The molecule has 0 radical (unpaired) electrons. The number of halogens is 1. The average molecular weight is 271 g/mol. The maximum Gasteiger partial charge on any atom is 0.209 e. The van der Waals surface area contributed by atoms with Crippen molar-refractivity contribution in [2.45, 2.75) is 6.54 Å². The van der Waals surface area contributed by atoms with Crippen LogP contribution in [0.25, 0.3) is 5.69 Å². The lowest BCUT2D eigenvalue weighted by molar-refractivity contribution is 0.584. The molecule has 1 N–H and O–H groups in total. The van der Waals surface area contributed by atoms with E-state index >= 15 is 0 Å². The fourth-order valence-electron chi connectivity index (χ4n) is 1.29. The van der Waals surface area contributed by atoms with Crippen LogP contribution in [0.1, 0.15) is 5.82 Å². The van der Waals surface area contributed by atoms with Gasteiger partial charge in [-0.3, -0.25) is 0 Å². The second kappa shape index (κ2) is 4.78. The van der Waals surface area contributed by atoms with Gasteiger partial charge in [0.1, 0.15) is 5.82 Å². The van der Waals surface area contributed by atoms with Gasteiger partial charge in [-0.05, 0) is 34.7 Å². The van der Waals surface area contributed by atoms with E-state index in [-0.39, 0.29) is 12.4 Å². The van der Waals surface area contributed by atoms with E-state index in [9.17, 15) is 12.8 Å². The molecular formula is C9H10FN5O2S. The van der Waals surface area contributed by atoms with Gasteiger partial charge in [0.15, 0.2) is 5.82 Å². The van der Waals surface area contributed by atoms with E-state index in [1.807, 2.05) is 0 Å². The summed E-state index contributed by atoms with van der Waals surface area (Å²) in [5, 5.41) is 10.9.